The highest BCUT2D eigenvalue weighted by Gasteiger charge is 2.13. The number of nitrogens with one attached hydrogen (secondary N) is 1. The average molecular weight is 283 g/mol. The topological polar surface area (TPSA) is 46.2 Å². The van der Waals surface area contributed by atoms with Gasteiger partial charge in [0.2, 0.25) is 0 Å². The Morgan fingerprint density at radius 3 is 2.26 bits per heavy atom. The molecule has 1 N–H and O–H groups in total. The predicted octanol–water partition coefficient (Wildman–Crippen LogP) is 2.61. The summed E-state index contributed by atoms with van der Waals surface area (Å²) in [4.78, 5) is 0. The molecule has 108 valence electrons. The van der Waals surface area contributed by atoms with E-state index in [0.29, 0.717) is 6.04 Å². The molecule has 0 heterocycles. The van der Waals surface area contributed by atoms with E-state index in [2.05, 4.69) is 18.3 Å². The number of sulfone groups is 1. The van der Waals surface area contributed by atoms with Crippen molar-refractivity contribution in [3.05, 3.63) is 34.9 Å². The van der Waals surface area contributed by atoms with Gasteiger partial charge in [0.05, 0.1) is 11.5 Å². The van der Waals surface area contributed by atoms with E-state index in [1.54, 1.807) is 0 Å². The molecule has 0 radical (unpaired) electrons. The summed E-state index contributed by atoms with van der Waals surface area (Å²) in [7, 11) is -1.10. The normalized spacial score (nSPS) is 13.5. The third kappa shape index (κ3) is 6.21. The van der Waals surface area contributed by atoms with Crippen LogP contribution in [0.25, 0.3) is 0 Å². The highest BCUT2D eigenvalue weighted by atomic mass is 32.2. The van der Waals surface area contributed by atoms with Gasteiger partial charge in [0.15, 0.2) is 9.84 Å². The standard InChI is InChI=1S/C15H25NO2S/c1-12-8-13(2)10-15(9-12)11-19(17,18)7-5-6-14(3)16-4/h8-10,14,16H,5-7,11H2,1-4H3. The summed E-state index contributed by atoms with van der Waals surface area (Å²) in [5, 5.41) is 3.12. The van der Waals surface area contributed by atoms with Crippen LogP contribution in [0.4, 0.5) is 0 Å². The summed E-state index contributed by atoms with van der Waals surface area (Å²) in [5.74, 6) is 0.426. The molecule has 1 aromatic rings. The second kappa shape index (κ2) is 7.06. The third-order valence-corrected chi connectivity index (χ3v) is 4.94. The fraction of sp³-hybridized carbons (Fsp3) is 0.600. The maximum absolute atomic E-state index is 12.1. The number of hydrogen-bond donors (Lipinski definition) is 1. The minimum Gasteiger partial charge on any atom is -0.317 e. The Balaban J connectivity index is 2.59. The van der Waals surface area contributed by atoms with Crippen LogP contribution in [0.1, 0.15) is 36.5 Å². The van der Waals surface area contributed by atoms with Crippen LogP contribution in [0, 0.1) is 13.8 Å². The van der Waals surface area contributed by atoms with Crippen LogP contribution in [0.15, 0.2) is 18.2 Å². The van der Waals surface area contributed by atoms with Crippen molar-refractivity contribution < 1.29 is 8.42 Å². The molecule has 0 saturated heterocycles. The molecule has 0 amide bonds. The van der Waals surface area contributed by atoms with Crippen LogP contribution in [0.5, 0.6) is 0 Å². The van der Waals surface area contributed by atoms with Crippen molar-refractivity contribution in [2.24, 2.45) is 0 Å². The van der Waals surface area contributed by atoms with Crippen LogP contribution in [-0.2, 0) is 15.6 Å². The Morgan fingerprint density at radius 2 is 1.74 bits per heavy atom. The highest BCUT2D eigenvalue weighted by Crippen LogP contribution is 2.13. The zero-order valence-corrected chi connectivity index (χ0v) is 13.2. The molecule has 0 aliphatic rings. The molecule has 3 nitrogen and oxygen atoms in total. The average Bonchev–Trinajstić information content (AvgIpc) is 2.26. The number of hydrogen-bond acceptors (Lipinski definition) is 3. The Labute approximate surface area is 117 Å². The lowest BCUT2D eigenvalue weighted by Crippen LogP contribution is -2.22. The van der Waals surface area contributed by atoms with Crippen molar-refractivity contribution in [2.75, 3.05) is 12.8 Å². The summed E-state index contributed by atoms with van der Waals surface area (Å²) >= 11 is 0. The first-order valence-corrected chi connectivity index (χ1v) is 8.59. The molecule has 0 aliphatic heterocycles. The molecular weight excluding hydrogens is 258 g/mol. The fourth-order valence-electron chi connectivity index (χ4n) is 2.23. The van der Waals surface area contributed by atoms with E-state index in [-0.39, 0.29) is 11.5 Å². The second-order valence-corrected chi connectivity index (χ2v) is 7.60. The smallest absolute Gasteiger partial charge is 0.154 e. The lowest BCUT2D eigenvalue weighted by molar-refractivity contribution is 0.548. The van der Waals surface area contributed by atoms with Crippen LogP contribution in [0.3, 0.4) is 0 Å². The van der Waals surface area contributed by atoms with E-state index in [4.69, 9.17) is 0 Å². The summed E-state index contributed by atoms with van der Waals surface area (Å²) in [6, 6.07) is 6.35. The molecule has 0 saturated carbocycles. The van der Waals surface area contributed by atoms with E-state index in [9.17, 15) is 8.42 Å². The molecule has 0 fully saturated rings. The van der Waals surface area contributed by atoms with Gasteiger partial charge in [0.1, 0.15) is 0 Å². The summed E-state index contributed by atoms with van der Waals surface area (Å²) in [6.07, 6.45) is 1.61. The summed E-state index contributed by atoms with van der Waals surface area (Å²) in [5.41, 5.74) is 3.14. The van der Waals surface area contributed by atoms with Crippen molar-refractivity contribution in [3.8, 4) is 0 Å². The molecule has 1 rings (SSSR count). The molecule has 0 aromatic heterocycles. The minimum atomic E-state index is -3.00. The number of aryl methyl sites for hydroxylation is 2. The lowest BCUT2D eigenvalue weighted by atomic mass is 10.1. The number of rotatable bonds is 7. The van der Waals surface area contributed by atoms with Crippen molar-refractivity contribution in [2.45, 2.75) is 45.4 Å². The quantitative estimate of drug-likeness (QED) is 0.836. The fourth-order valence-corrected chi connectivity index (χ4v) is 3.66. The van der Waals surface area contributed by atoms with Crippen LogP contribution in [0.2, 0.25) is 0 Å². The maximum atomic E-state index is 12.1. The van der Waals surface area contributed by atoms with Gasteiger partial charge < -0.3 is 5.32 Å². The Kier molecular flexibility index (Phi) is 6.01. The molecule has 19 heavy (non-hydrogen) atoms. The van der Waals surface area contributed by atoms with Gasteiger partial charge in [-0.3, -0.25) is 0 Å². The SMILES string of the molecule is CNC(C)CCCS(=O)(=O)Cc1cc(C)cc(C)c1. The molecule has 1 aromatic carbocycles. The van der Waals surface area contributed by atoms with Gasteiger partial charge in [0.25, 0.3) is 0 Å². The van der Waals surface area contributed by atoms with Crippen molar-refractivity contribution in [3.63, 3.8) is 0 Å². The third-order valence-electron chi connectivity index (χ3n) is 3.25. The van der Waals surface area contributed by atoms with Gasteiger partial charge in [-0.05, 0) is 46.2 Å². The van der Waals surface area contributed by atoms with Gasteiger partial charge in [-0.2, -0.15) is 0 Å². The van der Waals surface area contributed by atoms with Crippen LogP contribution < -0.4 is 5.32 Å². The van der Waals surface area contributed by atoms with Crippen molar-refractivity contribution in [1.82, 2.24) is 5.32 Å². The first-order valence-electron chi connectivity index (χ1n) is 6.77. The zero-order chi connectivity index (χ0) is 14.5. The molecule has 1 unspecified atom stereocenters. The first-order chi connectivity index (χ1) is 8.82. The summed E-state index contributed by atoms with van der Waals surface area (Å²) < 4.78 is 24.1. The molecule has 0 bridgehead atoms. The van der Waals surface area contributed by atoms with E-state index in [1.807, 2.05) is 33.0 Å². The van der Waals surface area contributed by atoms with E-state index < -0.39 is 9.84 Å². The molecule has 1 atom stereocenters. The maximum Gasteiger partial charge on any atom is 0.154 e. The highest BCUT2D eigenvalue weighted by molar-refractivity contribution is 7.90. The Bertz CT molecular complexity index is 489. The van der Waals surface area contributed by atoms with Gasteiger partial charge in [-0.1, -0.05) is 29.3 Å². The summed E-state index contributed by atoms with van der Waals surface area (Å²) in [6.45, 7) is 6.06. The molecule has 0 aliphatic carbocycles. The Morgan fingerprint density at radius 1 is 1.16 bits per heavy atom. The predicted molar refractivity (Wildman–Crippen MR) is 81.2 cm³/mol. The number of benzene rings is 1. The van der Waals surface area contributed by atoms with Crippen LogP contribution in [-0.4, -0.2) is 27.3 Å². The Hall–Kier alpha value is -0.870. The first kappa shape index (κ1) is 16.2. The minimum absolute atomic E-state index is 0.156. The van der Waals surface area contributed by atoms with E-state index >= 15 is 0 Å². The monoisotopic (exact) mass is 283 g/mol. The van der Waals surface area contributed by atoms with Crippen molar-refractivity contribution >= 4 is 9.84 Å². The van der Waals surface area contributed by atoms with E-state index in [0.717, 1.165) is 29.5 Å². The van der Waals surface area contributed by atoms with Gasteiger partial charge in [-0.25, -0.2) is 8.42 Å². The zero-order valence-electron chi connectivity index (χ0n) is 12.4. The molecule has 4 heteroatoms. The van der Waals surface area contributed by atoms with Gasteiger partial charge in [0, 0.05) is 6.04 Å². The van der Waals surface area contributed by atoms with Crippen molar-refractivity contribution in [1.29, 1.82) is 0 Å². The second-order valence-electron chi connectivity index (χ2n) is 5.42. The van der Waals surface area contributed by atoms with E-state index in [1.165, 1.54) is 0 Å². The van der Waals surface area contributed by atoms with Gasteiger partial charge >= 0.3 is 0 Å². The largest absolute Gasteiger partial charge is 0.317 e. The molecular formula is C15H25NO2S. The lowest BCUT2D eigenvalue weighted by Gasteiger charge is -2.10. The van der Waals surface area contributed by atoms with Crippen LogP contribution >= 0.6 is 0 Å². The van der Waals surface area contributed by atoms with Gasteiger partial charge in [-0.15, -0.1) is 0 Å². The molecule has 0 spiro atoms.